The molecule has 4 heteroatoms. The lowest BCUT2D eigenvalue weighted by molar-refractivity contribution is 0.481. The average molecular weight is 278 g/mol. The van der Waals surface area contributed by atoms with Crippen molar-refractivity contribution in [2.45, 2.75) is 5.88 Å². The number of hydrogen-bond donors (Lipinski definition) is 1. The van der Waals surface area contributed by atoms with E-state index in [4.69, 9.17) is 11.6 Å². The highest BCUT2D eigenvalue weighted by atomic mass is 79.9. The Kier molecular flexibility index (Phi) is 2.49. The third-order valence-corrected chi connectivity index (χ3v) is 4.15. The van der Waals surface area contributed by atoms with Gasteiger partial charge in [0.15, 0.2) is 0 Å². The first-order chi connectivity index (χ1) is 6.24. The average Bonchev–Trinajstić information content (AvgIpc) is 2.50. The molecular formula is C9H6BrClOS. The van der Waals surface area contributed by atoms with Crippen molar-refractivity contribution in [2.24, 2.45) is 0 Å². The topological polar surface area (TPSA) is 20.2 Å². The zero-order valence-electron chi connectivity index (χ0n) is 6.55. The summed E-state index contributed by atoms with van der Waals surface area (Å²) in [6.45, 7) is 0. The van der Waals surface area contributed by atoms with E-state index in [-0.39, 0.29) is 0 Å². The summed E-state index contributed by atoms with van der Waals surface area (Å²) in [7, 11) is 0. The van der Waals surface area contributed by atoms with Crippen LogP contribution >= 0.6 is 38.9 Å². The Morgan fingerprint density at radius 1 is 1.46 bits per heavy atom. The largest absolute Gasteiger partial charge is 0.507 e. The normalized spacial score (nSPS) is 10.9. The maximum absolute atomic E-state index is 9.59. The minimum atomic E-state index is 0.303. The second-order valence-corrected chi connectivity index (χ2v) is 4.67. The molecule has 68 valence electrons. The highest BCUT2D eigenvalue weighted by Crippen LogP contribution is 2.38. The van der Waals surface area contributed by atoms with Crippen LogP contribution in [-0.4, -0.2) is 5.11 Å². The fourth-order valence-corrected chi connectivity index (χ4v) is 3.33. The summed E-state index contributed by atoms with van der Waals surface area (Å²) >= 11 is 10.8. The Bertz CT molecular complexity index is 452. The second kappa shape index (κ2) is 3.48. The molecule has 1 N–H and O–H groups in total. The first kappa shape index (κ1) is 9.31. The third-order valence-electron chi connectivity index (χ3n) is 1.88. The number of fused-ring (bicyclic) bond motifs is 1. The Balaban J connectivity index is 2.87. The monoisotopic (exact) mass is 276 g/mol. The Hall–Kier alpha value is -0.250. The van der Waals surface area contributed by atoms with Gasteiger partial charge in [0.2, 0.25) is 0 Å². The predicted octanol–water partition coefficient (Wildman–Crippen LogP) is 4.11. The number of hydrogen-bond acceptors (Lipinski definition) is 2. The van der Waals surface area contributed by atoms with E-state index in [2.05, 4.69) is 15.9 Å². The van der Waals surface area contributed by atoms with Crippen LogP contribution in [0.2, 0.25) is 0 Å². The van der Waals surface area contributed by atoms with Gasteiger partial charge in [0.25, 0.3) is 0 Å². The number of rotatable bonds is 1. The fraction of sp³-hybridized carbons (Fsp3) is 0.111. The molecule has 0 unspecified atom stereocenters. The molecule has 0 fully saturated rings. The summed E-state index contributed by atoms with van der Waals surface area (Å²) in [4.78, 5) is 0. The molecule has 1 nitrogen and oxygen atoms in total. The molecule has 0 aliphatic carbocycles. The minimum absolute atomic E-state index is 0.303. The van der Waals surface area contributed by atoms with Gasteiger partial charge in [0.05, 0.1) is 0 Å². The van der Waals surface area contributed by atoms with Gasteiger partial charge in [-0.2, -0.15) is 0 Å². The standard InChI is InChI=1S/C9H6BrClOS/c10-6-4-13-9-5(3-11)1-2-7(12)8(6)9/h1-2,4,12H,3H2. The third kappa shape index (κ3) is 1.45. The van der Waals surface area contributed by atoms with Gasteiger partial charge in [-0.3, -0.25) is 0 Å². The van der Waals surface area contributed by atoms with E-state index in [1.54, 1.807) is 17.4 Å². The molecule has 1 heterocycles. The summed E-state index contributed by atoms with van der Waals surface area (Å²) in [5.41, 5.74) is 1.06. The van der Waals surface area contributed by atoms with Crippen LogP contribution in [0.5, 0.6) is 5.75 Å². The van der Waals surface area contributed by atoms with Crippen LogP contribution in [0.1, 0.15) is 5.56 Å². The molecule has 0 saturated heterocycles. The Morgan fingerprint density at radius 2 is 2.23 bits per heavy atom. The molecule has 0 aliphatic rings. The molecule has 2 rings (SSSR count). The van der Waals surface area contributed by atoms with Crippen LogP contribution in [0.15, 0.2) is 22.0 Å². The van der Waals surface area contributed by atoms with Crippen molar-refractivity contribution < 1.29 is 5.11 Å². The lowest BCUT2D eigenvalue weighted by Gasteiger charge is -2.00. The number of thiophene rings is 1. The molecule has 0 bridgehead atoms. The van der Waals surface area contributed by atoms with Crippen molar-refractivity contribution in [3.8, 4) is 5.75 Å². The van der Waals surface area contributed by atoms with E-state index in [0.717, 1.165) is 20.1 Å². The summed E-state index contributed by atoms with van der Waals surface area (Å²) in [6, 6.07) is 3.53. The van der Waals surface area contributed by atoms with Gasteiger partial charge in [0, 0.05) is 25.8 Å². The molecule has 13 heavy (non-hydrogen) atoms. The van der Waals surface area contributed by atoms with Crippen molar-refractivity contribution in [3.05, 3.63) is 27.5 Å². The number of aromatic hydroxyl groups is 1. The summed E-state index contributed by atoms with van der Waals surface area (Å²) in [6.07, 6.45) is 0. The lowest BCUT2D eigenvalue weighted by Crippen LogP contribution is -1.77. The molecule has 0 saturated carbocycles. The molecule has 0 radical (unpaired) electrons. The van der Waals surface area contributed by atoms with E-state index in [9.17, 15) is 5.11 Å². The van der Waals surface area contributed by atoms with Crippen molar-refractivity contribution in [1.29, 1.82) is 0 Å². The van der Waals surface area contributed by atoms with Crippen molar-refractivity contribution >= 4 is 49.0 Å². The number of benzene rings is 1. The van der Waals surface area contributed by atoms with E-state index >= 15 is 0 Å². The van der Waals surface area contributed by atoms with Gasteiger partial charge < -0.3 is 5.11 Å². The van der Waals surface area contributed by atoms with Crippen LogP contribution < -0.4 is 0 Å². The van der Waals surface area contributed by atoms with Gasteiger partial charge >= 0.3 is 0 Å². The number of alkyl halides is 1. The van der Waals surface area contributed by atoms with Crippen molar-refractivity contribution in [1.82, 2.24) is 0 Å². The van der Waals surface area contributed by atoms with Crippen molar-refractivity contribution in [3.63, 3.8) is 0 Å². The Morgan fingerprint density at radius 3 is 2.92 bits per heavy atom. The van der Waals surface area contributed by atoms with Gasteiger partial charge in [-0.1, -0.05) is 6.07 Å². The molecule has 0 spiro atoms. The van der Waals surface area contributed by atoms with Crippen LogP contribution in [0.3, 0.4) is 0 Å². The number of phenolic OH excluding ortho intramolecular Hbond substituents is 1. The highest BCUT2D eigenvalue weighted by molar-refractivity contribution is 9.10. The van der Waals surface area contributed by atoms with Crippen molar-refractivity contribution in [2.75, 3.05) is 0 Å². The zero-order chi connectivity index (χ0) is 9.42. The van der Waals surface area contributed by atoms with E-state index in [1.807, 2.05) is 11.4 Å². The van der Waals surface area contributed by atoms with Gasteiger partial charge in [-0.05, 0) is 27.6 Å². The zero-order valence-corrected chi connectivity index (χ0v) is 9.71. The first-order valence-electron chi connectivity index (χ1n) is 3.67. The van der Waals surface area contributed by atoms with Crippen LogP contribution in [-0.2, 0) is 5.88 Å². The lowest BCUT2D eigenvalue weighted by atomic mass is 10.2. The molecular weight excluding hydrogens is 272 g/mol. The number of phenols is 1. The second-order valence-electron chi connectivity index (χ2n) is 2.67. The fourth-order valence-electron chi connectivity index (χ4n) is 1.26. The predicted molar refractivity (Wildman–Crippen MR) is 60.7 cm³/mol. The molecule has 0 atom stereocenters. The highest BCUT2D eigenvalue weighted by Gasteiger charge is 2.09. The number of halogens is 2. The van der Waals surface area contributed by atoms with Crippen LogP contribution in [0.4, 0.5) is 0 Å². The maximum atomic E-state index is 9.59. The Labute approximate surface area is 93.1 Å². The van der Waals surface area contributed by atoms with E-state index in [0.29, 0.717) is 11.6 Å². The smallest absolute Gasteiger partial charge is 0.125 e. The van der Waals surface area contributed by atoms with Gasteiger partial charge in [-0.15, -0.1) is 22.9 Å². The SMILES string of the molecule is Oc1ccc(CCl)c2scc(Br)c12. The molecule has 2 aromatic rings. The minimum Gasteiger partial charge on any atom is -0.507 e. The molecule has 0 amide bonds. The first-order valence-corrected chi connectivity index (χ1v) is 5.88. The molecule has 1 aromatic heterocycles. The quantitative estimate of drug-likeness (QED) is 0.778. The van der Waals surface area contributed by atoms with E-state index < -0.39 is 0 Å². The van der Waals surface area contributed by atoms with Gasteiger partial charge in [0.1, 0.15) is 5.75 Å². The van der Waals surface area contributed by atoms with Gasteiger partial charge in [-0.25, -0.2) is 0 Å². The van der Waals surface area contributed by atoms with Crippen LogP contribution in [0.25, 0.3) is 10.1 Å². The summed E-state index contributed by atoms with van der Waals surface area (Å²) in [5, 5.41) is 12.4. The summed E-state index contributed by atoms with van der Waals surface area (Å²) in [5.74, 6) is 0.779. The van der Waals surface area contributed by atoms with E-state index in [1.165, 1.54) is 0 Å². The summed E-state index contributed by atoms with van der Waals surface area (Å²) < 4.78 is 1.99. The molecule has 0 aliphatic heterocycles. The maximum Gasteiger partial charge on any atom is 0.125 e. The molecule has 1 aromatic carbocycles. The van der Waals surface area contributed by atoms with Crippen LogP contribution in [0, 0.1) is 0 Å².